The Labute approximate surface area is 161 Å². The minimum atomic E-state index is -0.00747. The molecule has 1 aromatic rings. The van der Waals surface area contributed by atoms with Crippen molar-refractivity contribution in [2.24, 2.45) is 10.9 Å². The standard InChI is InChI=1S/C20H31N5O2/c1-21-19(24(2)14-17-8-11-27-15-17)22-13-16-6-5-7-18(12-16)23-20(26)25-9-3-4-10-25/h5-7,12,17H,3-4,8-11,13-15H2,1-2H3,(H,21,22)(H,23,26). The number of carbonyl (C=O) groups is 1. The van der Waals surface area contributed by atoms with Crippen molar-refractivity contribution in [3.05, 3.63) is 29.8 Å². The van der Waals surface area contributed by atoms with Crippen molar-refractivity contribution in [3.63, 3.8) is 0 Å². The highest BCUT2D eigenvalue weighted by Crippen LogP contribution is 2.15. The molecule has 0 aromatic heterocycles. The van der Waals surface area contributed by atoms with Crippen molar-refractivity contribution < 1.29 is 9.53 Å². The van der Waals surface area contributed by atoms with Gasteiger partial charge in [-0.25, -0.2) is 4.79 Å². The number of ether oxygens (including phenoxy) is 1. The fourth-order valence-electron chi connectivity index (χ4n) is 3.65. The number of likely N-dealkylation sites (tertiary alicyclic amines) is 1. The van der Waals surface area contributed by atoms with Crippen LogP contribution in [0.5, 0.6) is 0 Å². The fourth-order valence-corrected chi connectivity index (χ4v) is 3.65. The number of guanidine groups is 1. The molecule has 148 valence electrons. The molecule has 2 aliphatic heterocycles. The predicted molar refractivity (Wildman–Crippen MR) is 108 cm³/mol. The molecule has 0 bridgehead atoms. The van der Waals surface area contributed by atoms with Gasteiger partial charge in [0.15, 0.2) is 5.96 Å². The second kappa shape index (κ2) is 9.60. The first-order valence-corrected chi connectivity index (χ1v) is 9.80. The minimum absolute atomic E-state index is 0.00747. The lowest BCUT2D eigenvalue weighted by Crippen LogP contribution is -2.41. The Kier molecular flexibility index (Phi) is 6.92. The molecule has 2 N–H and O–H groups in total. The van der Waals surface area contributed by atoms with Crippen molar-refractivity contribution in [2.75, 3.05) is 52.3 Å². The zero-order valence-corrected chi connectivity index (χ0v) is 16.4. The molecule has 1 unspecified atom stereocenters. The fraction of sp³-hybridized carbons (Fsp3) is 0.600. The smallest absolute Gasteiger partial charge is 0.321 e. The highest BCUT2D eigenvalue weighted by molar-refractivity contribution is 5.89. The third-order valence-electron chi connectivity index (χ3n) is 5.15. The molecule has 2 heterocycles. The number of benzene rings is 1. The number of anilines is 1. The number of aliphatic imine (C=N–C) groups is 1. The van der Waals surface area contributed by atoms with Crippen LogP contribution in [-0.2, 0) is 11.3 Å². The van der Waals surface area contributed by atoms with Crippen molar-refractivity contribution in [3.8, 4) is 0 Å². The first kappa shape index (κ1) is 19.5. The van der Waals surface area contributed by atoms with Crippen LogP contribution in [0.3, 0.4) is 0 Å². The SMILES string of the molecule is CN=C(NCc1cccc(NC(=O)N2CCCC2)c1)N(C)CC1CCOC1. The third kappa shape index (κ3) is 5.60. The van der Waals surface area contributed by atoms with Gasteiger partial charge in [-0.3, -0.25) is 4.99 Å². The van der Waals surface area contributed by atoms with Crippen LogP contribution in [-0.4, -0.2) is 68.7 Å². The molecule has 27 heavy (non-hydrogen) atoms. The van der Waals surface area contributed by atoms with Gasteiger partial charge in [0, 0.05) is 58.5 Å². The maximum Gasteiger partial charge on any atom is 0.321 e. The average molecular weight is 374 g/mol. The quantitative estimate of drug-likeness (QED) is 0.614. The Morgan fingerprint density at radius 2 is 2.19 bits per heavy atom. The van der Waals surface area contributed by atoms with Gasteiger partial charge in [-0.1, -0.05) is 12.1 Å². The van der Waals surface area contributed by atoms with Gasteiger partial charge in [-0.15, -0.1) is 0 Å². The van der Waals surface area contributed by atoms with Crippen LogP contribution in [0.2, 0.25) is 0 Å². The van der Waals surface area contributed by atoms with E-state index in [1.165, 1.54) is 0 Å². The topological polar surface area (TPSA) is 69.2 Å². The lowest BCUT2D eigenvalue weighted by molar-refractivity contribution is 0.181. The minimum Gasteiger partial charge on any atom is -0.381 e. The summed E-state index contributed by atoms with van der Waals surface area (Å²) < 4.78 is 5.46. The van der Waals surface area contributed by atoms with Gasteiger partial charge in [-0.05, 0) is 37.0 Å². The van der Waals surface area contributed by atoms with E-state index in [2.05, 4.69) is 33.6 Å². The van der Waals surface area contributed by atoms with Gasteiger partial charge in [0.25, 0.3) is 0 Å². The second-order valence-corrected chi connectivity index (χ2v) is 7.34. The Morgan fingerprint density at radius 3 is 2.89 bits per heavy atom. The zero-order chi connectivity index (χ0) is 19.1. The van der Waals surface area contributed by atoms with Crippen molar-refractivity contribution in [1.82, 2.24) is 15.1 Å². The van der Waals surface area contributed by atoms with Crippen molar-refractivity contribution >= 4 is 17.7 Å². The van der Waals surface area contributed by atoms with Crippen LogP contribution < -0.4 is 10.6 Å². The summed E-state index contributed by atoms with van der Waals surface area (Å²) in [4.78, 5) is 20.7. The number of amides is 2. The number of hydrogen-bond donors (Lipinski definition) is 2. The normalized spacial score (nSPS) is 20.0. The maximum absolute atomic E-state index is 12.3. The van der Waals surface area contributed by atoms with Crippen LogP contribution in [0.1, 0.15) is 24.8 Å². The largest absolute Gasteiger partial charge is 0.381 e. The molecule has 7 nitrogen and oxygen atoms in total. The molecule has 1 aromatic carbocycles. The van der Waals surface area contributed by atoms with E-state index in [4.69, 9.17) is 4.74 Å². The van der Waals surface area contributed by atoms with E-state index in [1.54, 1.807) is 7.05 Å². The van der Waals surface area contributed by atoms with E-state index in [-0.39, 0.29) is 6.03 Å². The van der Waals surface area contributed by atoms with Gasteiger partial charge >= 0.3 is 6.03 Å². The van der Waals surface area contributed by atoms with Crippen molar-refractivity contribution in [1.29, 1.82) is 0 Å². The number of carbonyl (C=O) groups excluding carboxylic acids is 1. The van der Waals surface area contributed by atoms with Crippen molar-refractivity contribution in [2.45, 2.75) is 25.8 Å². The summed E-state index contributed by atoms with van der Waals surface area (Å²) in [6, 6.07) is 7.96. The zero-order valence-electron chi connectivity index (χ0n) is 16.4. The first-order chi connectivity index (χ1) is 13.2. The van der Waals surface area contributed by atoms with E-state index in [0.29, 0.717) is 12.5 Å². The average Bonchev–Trinajstić information content (AvgIpc) is 3.36. The van der Waals surface area contributed by atoms with Crippen LogP contribution in [0.25, 0.3) is 0 Å². The van der Waals surface area contributed by atoms with E-state index in [1.807, 2.05) is 23.1 Å². The van der Waals surface area contributed by atoms with Gasteiger partial charge < -0.3 is 25.2 Å². The molecular weight excluding hydrogens is 342 g/mol. The summed E-state index contributed by atoms with van der Waals surface area (Å²) >= 11 is 0. The van der Waals surface area contributed by atoms with Gasteiger partial charge in [0.05, 0.1) is 6.61 Å². The molecule has 3 rings (SSSR count). The molecule has 0 radical (unpaired) electrons. The summed E-state index contributed by atoms with van der Waals surface area (Å²) in [5.74, 6) is 1.44. The summed E-state index contributed by atoms with van der Waals surface area (Å²) in [5.41, 5.74) is 1.94. The molecule has 7 heteroatoms. The number of urea groups is 1. The molecule has 0 spiro atoms. The molecule has 0 saturated carbocycles. The number of nitrogens with one attached hydrogen (secondary N) is 2. The summed E-state index contributed by atoms with van der Waals surface area (Å²) in [6.45, 7) is 4.99. The molecule has 2 saturated heterocycles. The number of nitrogens with zero attached hydrogens (tertiary/aromatic N) is 3. The molecule has 0 aliphatic carbocycles. The van der Waals surface area contributed by atoms with Crippen LogP contribution in [0.15, 0.2) is 29.3 Å². The van der Waals surface area contributed by atoms with Gasteiger partial charge in [0.1, 0.15) is 0 Å². The lowest BCUT2D eigenvalue weighted by atomic mass is 10.1. The predicted octanol–water partition coefficient (Wildman–Crippen LogP) is 2.36. The molecule has 2 amide bonds. The van der Waals surface area contributed by atoms with E-state index in [0.717, 1.165) is 69.3 Å². The van der Waals surface area contributed by atoms with E-state index < -0.39 is 0 Å². The number of hydrogen-bond acceptors (Lipinski definition) is 3. The Bertz CT molecular complexity index is 652. The molecule has 2 fully saturated rings. The second-order valence-electron chi connectivity index (χ2n) is 7.34. The number of rotatable bonds is 5. The first-order valence-electron chi connectivity index (χ1n) is 9.80. The highest BCUT2D eigenvalue weighted by Gasteiger charge is 2.19. The van der Waals surface area contributed by atoms with Crippen LogP contribution >= 0.6 is 0 Å². The van der Waals surface area contributed by atoms with Crippen LogP contribution in [0, 0.1) is 5.92 Å². The monoisotopic (exact) mass is 373 g/mol. The lowest BCUT2D eigenvalue weighted by Gasteiger charge is -2.24. The van der Waals surface area contributed by atoms with E-state index in [9.17, 15) is 4.79 Å². The molecular formula is C20H31N5O2. The maximum atomic E-state index is 12.3. The third-order valence-corrected chi connectivity index (χ3v) is 5.15. The Hall–Kier alpha value is -2.28. The Balaban J connectivity index is 1.51. The molecule has 2 aliphatic rings. The molecule has 1 atom stereocenters. The highest BCUT2D eigenvalue weighted by atomic mass is 16.5. The Morgan fingerprint density at radius 1 is 1.37 bits per heavy atom. The van der Waals surface area contributed by atoms with Crippen LogP contribution in [0.4, 0.5) is 10.5 Å². The van der Waals surface area contributed by atoms with Gasteiger partial charge in [0.2, 0.25) is 0 Å². The summed E-state index contributed by atoms with van der Waals surface area (Å²) in [5, 5.41) is 6.41. The summed E-state index contributed by atoms with van der Waals surface area (Å²) in [6.07, 6.45) is 3.30. The summed E-state index contributed by atoms with van der Waals surface area (Å²) in [7, 11) is 3.86. The van der Waals surface area contributed by atoms with Gasteiger partial charge in [-0.2, -0.15) is 0 Å². The van der Waals surface area contributed by atoms with E-state index >= 15 is 0 Å².